The molecule has 2 aromatic rings. The molecule has 0 saturated carbocycles. The standard InChI is InChI=1S/C21H24ClNO/c1-23-12-10-15(11-13-23)20-14-16-4-2-3-5-19(16)21(20,24)17-6-8-18(22)9-7-17/h2-9,15,20,24H,10-14H2,1H3/t20-,21-/m0/s1. The molecule has 2 aliphatic rings. The summed E-state index contributed by atoms with van der Waals surface area (Å²) in [7, 11) is 2.19. The molecule has 2 aromatic carbocycles. The van der Waals surface area contributed by atoms with Crippen molar-refractivity contribution >= 4 is 11.6 Å². The Bertz CT molecular complexity index is 721. The molecule has 24 heavy (non-hydrogen) atoms. The second-order valence-electron chi connectivity index (χ2n) is 7.38. The number of hydrogen-bond acceptors (Lipinski definition) is 2. The molecular weight excluding hydrogens is 318 g/mol. The number of halogens is 1. The van der Waals surface area contributed by atoms with Crippen LogP contribution in [0.2, 0.25) is 5.02 Å². The first-order valence-corrected chi connectivity index (χ1v) is 9.22. The molecule has 126 valence electrons. The molecule has 0 unspecified atom stereocenters. The lowest BCUT2D eigenvalue weighted by Crippen LogP contribution is -2.42. The van der Waals surface area contributed by atoms with Crippen molar-refractivity contribution in [3.05, 3.63) is 70.2 Å². The van der Waals surface area contributed by atoms with E-state index in [4.69, 9.17) is 11.6 Å². The van der Waals surface area contributed by atoms with E-state index in [1.165, 1.54) is 5.56 Å². The lowest BCUT2D eigenvalue weighted by atomic mass is 9.71. The highest BCUT2D eigenvalue weighted by molar-refractivity contribution is 6.30. The van der Waals surface area contributed by atoms with Crippen LogP contribution in [-0.4, -0.2) is 30.1 Å². The fraction of sp³-hybridized carbons (Fsp3) is 0.429. The molecule has 2 atom stereocenters. The predicted molar refractivity (Wildman–Crippen MR) is 98.3 cm³/mol. The second-order valence-corrected chi connectivity index (χ2v) is 7.82. The molecule has 0 radical (unpaired) electrons. The summed E-state index contributed by atoms with van der Waals surface area (Å²) in [5.74, 6) is 0.791. The zero-order valence-electron chi connectivity index (χ0n) is 14.1. The van der Waals surface area contributed by atoms with Crippen molar-refractivity contribution < 1.29 is 5.11 Å². The number of nitrogens with zero attached hydrogens (tertiary/aromatic N) is 1. The summed E-state index contributed by atoms with van der Waals surface area (Å²) in [4.78, 5) is 2.39. The van der Waals surface area contributed by atoms with Gasteiger partial charge in [0.25, 0.3) is 0 Å². The minimum absolute atomic E-state index is 0.241. The van der Waals surface area contributed by atoms with Gasteiger partial charge in [-0.25, -0.2) is 0 Å². The molecule has 0 aromatic heterocycles. The summed E-state index contributed by atoms with van der Waals surface area (Å²) in [5.41, 5.74) is 2.44. The van der Waals surface area contributed by atoms with Crippen molar-refractivity contribution in [3.63, 3.8) is 0 Å². The van der Waals surface area contributed by atoms with Crippen LogP contribution < -0.4 is 0 Å². The summed E-state index contributed by atoms with van der Waals surface area (Å²) in [6.45, 7) is 2.24. The summed E-state index contributed by atoms with van der Waals surface area (Å²) >= 11 is 6.08. The maximum Gasteiger partial charge on any atom is 0.118 e. The molecule has 1 aliphatic heterocycles. The number of aliphatic hydroxyl groups is 1. The highest BCUT2D eigenvalue weighted by atomic mass is 35.5. The van der Waals surface area contributed by atoms with E-state index < -0.39 is 5.60 Å². The van der Waals surface area contributed by atoms with Gasteiger partial charge in [-0.05, 0) is 74.1 Å². The average molecular weight is 342 g/mol. The van der Waals surface area contributed by atoms with Gasteiger partial charge in [0.2, 0.25) is 0 Å². The van der Waals surface area contributed by atoms with E-state index in [2.05, 4.69) is 30.1 Å². The first-order valence-electron chi connectivity index (χ1n) is 8.84. The zero-order chi connectivity index (χ0) is 16.7. The lowest BCUT2D eigenvalue weighted by molar-refractivity contribution is -0.0120. The fourth-order valence-corrected chi connectivity index (χ4v) is 4.79. The van der Waals surface area contributed by atoms with E-state index in [1.807, 2.05) is 30.3 Å². The van der Waals surface area contributed by atoms with Crippen molar-refractivity contribution in [2.75, 3.05) is 20.1 Å². The molecular formula is C21H24ClNO. The van der Waals surface area contributed by atoms with Crippen LogP contribution in [0.3, 0.4) is 0 Å². The van der Waals surface area contributed by atoms with Gasteiger partial charge in [-0.3, -0.25) is 0 Å². The van der Waals surface area contributed by atoms with Gasteiger partial charge in [0.1, 0.15) is 5.60 Å². The van der Waals surface area contributed by atoms with Gasteiger partial charge < -0.3 is 10.0 Å². The number of piperidine rings is 1. The molecule has 1 heterocycles. The van der Waals surface area contributed by atoms with Crippen molar-refractivity contribution in [2.24, 2.45) is 11.8 Å². The minimum Gasteiger partial charge on any atom is -0.380 e. The highest BCUT2D eigenvalue weighted by Gasteiger charge is 2.49. The van der Waals surface area contributed by atoms with E-state index >= 15 is 0 Å². The molecule has 1 aliphatic carbocycles. The van der Waals surface area contributed by atoms with Crippen molar-refractivity contribution in [1.82, 2.24) is 4.90 Å². The van der Waals surface area contributed by atoms with Crippen molar-refractivity contribution in [3.8, 4) is 0 Å². The molecule has 0 amide bonds. The lowest BCUT2D eigenvalue weighted by Gasteiger charge is -2.40. The minimum atomic E-state index is -0.901. The number of fused-ring (bicyclic) bond motifs is 1. The molecule has 1 saturated heterocycles. The van der Waals surface area contributed by atoms with Crippen LogP contribution in [0.15, 0.2) is 48.5 Å². The third-order valence-electron chi connectivity index (χ3n) is 6.02. The molecule has 0 bridgehead atoms. The number of rotatable bonds is 2. The Kier molecular flexibility index (Phi) is 4.16. The first-order chi connectivity index (χ1) is 11.6. The summed E-state index contributed by atoms with van der Waals surface area (Å²) < 4.78 is 0. The van der Waals surface area contributed by atoms with E-state index in [-0.39, 0.29) is 5.92 Å². The maximum atomic E-state index is 11.9. The van der Waals surface area contributed by atoms with Crippen LogP contribution in [0.1, 0.15) is 29.5 Å². The van der Waals surface area contributed by atoms with Crippen LogP contribution >= 0.6 is 11.6 Å². The SMILES string of the molecule is CN1CCC([C@@H]2Cc3ccccc3[C@@]2(O)c2ccc(Cl)cc2)CC1. The normalized spacial score (nSPS) is 28.0. The van der Waals surface area contributed by atoms with Gasteiger partial charge in [-0.15, -0.1) is 0 Å². The highest BCUT2D eigenvalue weighted by Crippen LogP contribution is 2.51. The average Bonchev–Trinajstić information content (AvgIpc) is 2.91. The first kappa shape index (κ1) is 16.1. The predicted octanol–water partition coefficient (Wildman–Crippen LogP) is 4.09. The van der Waals surface area contributed by atoms with Crippen LogP contribution in [0.25, 0.3) is 0 Å². The van der Waals surface area contributed by atoms with Gasteiger partial charge in [-0.2, -0.15) is 0 Å². The van der Waals surface area contributed by atoms with E-state index in [0.29, 0.717) is 10.9 Å². The van der Waals surface area contributed by atoms with Gasteiger partial charge in [0.05, 0.1) is 0 Å². The van der Waals surface area contributed by atoms with Crippen LogP contribution in [-0.2, 0) is 12.0 Å². The van der Waals surface area contributed by atoms with Gasteiger partial charge in [0, 0.05) is 10.9 Å². The molecule has 4 rings (SSSR count). The van der Waals surface area contributed by atoms with Gasteiger partial charge >= 0.3 is 0 Å². The van der Waals surface area contributed by atoms with Crippen LogP contribution in [0.5, 0.6) is 0 Å². The van der Waals surface area contributed by atoms with Crippen LogP contribution in [0.4, 0.5) is 0 Å². The molecule has 1 fully saturated rings. The van der Waals surface area contributed by atoms with Crippen molar-refractivity contribution in [1.29, 1.82) is 0 Å². The molecule has 2 nitrogen and oxygen atoms in total. The largest absolute Gasteiger partial charge is 0.380 e. The van der Waals surface area contributed by atoms with E-state index in [9.17, 15) is 5.11 Å². The Balaban J connectivity index is 1.77. The van der Waals surface area contributed by atoms with Crippen LogP contribution in [0, 0.1) is 11.8 Å². The Morgan fingerprint density at radius 1 is 1.04 bits per heavy atom. The zero-order valence-corrected chi connectivity index (χ0v) is 14.8. The second kappa shape index (κ2) is 6.18. The smallest absolute Gasteiger partial charge is 0.118 e. The van der Waals surface area contributed by atoms with E-state index in [0.717, 1.165) is 43.5 Å². The number of likely N-dealkylation sites (tertiary alicyclic amines) is 1. The summed E-state index contributed by atoms with van der Waals surface area (Å²) in [6, 6.07) is 16.2. The molecule has 1 N–H and O–H groups in total. The molecule has 0 spiro atoms. The van der Waals surface area contributed by atoms with Gasteiger partial charge in [0.15, 0.2) is 0 Å². The Morgan fingerprint density at radius 3 is 2.42 bits per heavy atom. The number of benzene rings is 2. The van der Waals surface area contributed by atoms with Crippen molar-refractivity contribution in [2.45, 2.75) is 24.9 Å². The van der Waals surface area contributed by atoms with Gasteiger partial charge in [-0.1, -0.05) is 48.0 Å². The topological polar surface area (TPSA) is 23.5 Å². The third-order valence-corrected chi connectivity index (χ3v) is 6.27. The fourth-order valence-electron chi connectivity index (χ4n) is 4.67. The Morgan fingerprint density at radius 2 is 1.71 bits per heavy atom. The maximum absolute atomic E-state index is 11.9. The molecule has 3 heteroatoms. The Hall–Kier alpha value is -1.35. The Labute approximate surface area is 149 Å². The third kappa shape index (κ3) is 2.57. The quantitative estimate of drug-likeness (QED) is 0.889. The number of hydrogen-bond donors (Lipinski definition) is 1. The monoisotopic (exact) mass is 341 g/mol. The summed E-state index contributed by atoms with van der Waals surface area (Å²) in [6.07, 6.45) is 3.28. The van der Waals surface area contributed by atoms with E-state index in [1.54, 1.807) is 0 Å². The summed E-state index contributed by atoms with van der Waals surface area (Å²) in [5, 5.41) is 12.6.